The monoisotopic (exact) mass is 281 g/mol. The van der Waals surface area contributed by atoms with Crippen molar-refractivity contribution in [3.8, 4) is 11.3 Å². The summed E-state index contributed by atoms with van der Waals surface area (Å²) in [7, 11) is 0. The highest BCUT2D eigenvalue weighted by Gasteiger charge is 2.20. The summed E-state index contributed by atoms with van der Waals surface area (Å²) in [6.45, 7) is 0.400. The highest BCUT2D eigenvalue weighted by molar-refractivity contribution is 6.30. The van der Waals surface area contributed by atoms with E-state index in [4.69, 9.17) is 21.8 Å². The van der Waals surface area contributed by atoms with Crippen LogP contribution < -0.4 is 0 Å². The molecule has 2 aromatic rings. The normalized spacial score (nSPS) is 10.6. The topological polar surface area (TPSA) is 88.2 Å². The average Bonchev–Trinajstić information content (AvgIpc) is 2.81. The molecule has 0 saturated carbocycles. The Bertz CT molecular complexity index is 580. The summed E-state index contributed by atoms with van der Waals surface area (Å²) in [6.07, 6.45) is 0.475. The van der Waals surface area contributed by atoms with E-state index in [0.717, 1.165) is 0 Å². The second kappa shape index (κ2) is 5.81. The summed E-state index contributed by atoms with van der Waals surface area (Å²) >= 11 is 5.81. The fourth-order valence-corrected chi connectivity index (χ4v) is 1.85. The molecule has 1 aromatic carbocycles. The quantitative estimate of drug-likeness (QED) is 0.870. The van der Waals surface area contributed by atoms with Gasteiger partial charge in [0, 0.05) is 23.7 Å². The molecule has 0 bridgehead atoms. The molecule has 0 atom stereocenters. The van der Waals surface area contributed by atoms with Crippen LogP contribution in [0.3, 0.4) is 0 Å². The maximum absolute atomic E-state index is 11.2. The lowest BCUT2D eigenvalue weighted by atomic mass is 10.1. The van der Waals surface area contributed by atoms with Crippen LogP contribution in [0.15, 0.2) is 24.3 Å². The maximum Gasteiger partial charge on any atom is 0.358 e. The van der Waals surface area contributed by atoms with E-state index in [1.54, 1.807) is 24.3 Å². The van der Waals surface area contributed by atoms with Crippen molar-refractivity contribution < 1.29 is 15.0 Å². The van der Waals surface area contributed by atoms with Gasteiger partial charge in [0.1, 0.15) is 5.69 Å². The molecule has 0 aliphatic rings. The first-order valence-corrected chi connectivity index (χ1v) is 6.05. The van der Waals surface area contributed by atoms with Crippen molar-refractivity contribution in [2.75, 3.05) is 6.61 Å². The van der Waals surface area contributed by atoms with Crippen molar-refractivity contribution in [1.82, 2.24) is 15.0 Å². The maximum atomic E-state index is 11.2. The first-order valence-electron chi connectivity index (χ1n) is 5.67. The summed E-state index contributed by atoms with van der Waals surface area (Å²) < 4.78 is 1.48. The van der Waals surface area contributed by atoms with Gasteiger partial charge >= 0.3 is 5.97 Å². The van der Waals surface area contributed by atoms with Crippen molar-refractivity contribution in [2.24, 2.45) is 0 Å². The number of hydrogen-bond acceptors (Lipinski definition) is 4. The Kier molecular flexibility index (Phi) is 4.13. The summed E-state index contributed by atoms with van der Waals surface area (Å²) in [4.78, 5) is 11.2. The molecule has 0 unspecified atom stereocenters. The minimum absolute atomic E-state index is 0.00230. The molecule has 1 aromatic heterocycles. The van der Waals surface area contributed by atoms with Gasteiger partial charge in [-0.3, -0.25) is 0 Å². The van der Waals surface area contributed by atoms with Crippen molar-refractivity contribution in [3.63, 3.8) is 0 Å². The van der Waals surface area contributed by atoms with Gasteiger partial charge in [0.15, 0.2) is 5.69 Å². The Morgan fingerprint density at radius 1 is 1.32 bits per heavy atom. The van der Waals surface area contributed by atoms with Crippen molar-refractivity contribution in [1.29, 1.82) is 0 Å². The van der Waals surface area contributed by atoms with Gasteiger partial charge in [0.05, 0.1) is 0 Å². The van der Waals surface area contributed by atoms with E-state index in [1.807, 2.05) is 0 Å². The molecule has 0 saturated heterocycles. The van der Waals surface area contributed by atoms with E-state index in [-0.39, 0.29) is 12.3 Å². The van der Waals surface area contributed by atoms with Crippen LogP contribution in [0.2, 0.25) is 5.02 Å². The third-order valence-electron chi connectivity index (χ3n) is 2.58. The van der Waals surface area contributed by atoms with Crippen LogP contribution in [0.1, 0.15) is 16.9 Å². The number of carboxylic acids is 1. The lowest BCUT2D eigenvalue weighted by Crippen LogP contribution is -2.06. The molecule has 7 heteroatoms. The standard InChI is InChI=1S/C12H12ClN3O3/c13-9-4-2-8(3-5-9)11-10(12(18)19)14-15-16(11)6-1-7-17/h2-5,17H,1,6-7H2,(H,18,19). The first kappa shape index (κ1) is 13.5. The zero-order valence-corrected chi connectivity index (χ0v) is 10.7. The van der Waals surface area contributed by atoms with Gasteiger partial charge in [-0.2, -0.15) is 0 Å². The van der Waals surface area contributed by atoms with Gasteiger partial charge in [-0.25, -0.2) is 9.48 Å². The minimum Gasteiger partial charge on any atom is -0.476 e. The summed E-state index contributed by atoms with van der Waals surface area (Å²) in [6, 6.07) is 6.77. The molecular weight excluding hydrogens is 270 g/mol. The van der Waals surface area contributed by atoms with E-state index >= 15 is 0 Å². The smallest absolute Gasteiger partial charge is 0.358 e. The molecule has 0 aliphatic carbocycles. The number of benzene rings is 1. The number of hydrogen-bond donors (Lipinski definition) is 2. The van der Waals surface area contributed by atoms with Crippen LogP contribution in [-0.2, 0) is 6.54 Å². The Morgan fingerprint density at radius 2 is 2.00 bits per heavy atom. The van der Waals surface area contributed by atoms with Crippen molar-refractivity contribution in [3.05, 3.63) is 35.0 Å². The Balaban J connectivity index is 2.47. The van der Waals surface area contributed by atoms with Crippen LogP contribution in [0.5, 0.6) is 0 Å². The number of carboxylic acid groups (broad SMARTS) is 1. The van der Waals surface area contributed by atoms with Gasteiger partial charge < -0.3 is 10.2 Å². The molecule has 0 amide bonds. The van der Waals surface area contributed by atoms with Crippen LogP contribution in [0.25, 0.3) is 11.3 Å². The minimum atomic E-state index is -1.14. The number of aromatic nitrogens is 3. The lowest BCUT2D eigenvalue weighted by Gasteiger charge is -2.06. The summed E-state index contributed by atoms with van der Waals surface area (Å²) in [5.41, 5.74) is 0.975. The van der Waals surface area contributed by atoms with E-state index in [1.165, 1.54) is 4.68 Å². The second-order valence-electron chi connectivity index (χ2n) is 3.90. The van der Waals surface area contributed by atoms with E-state index in [9.17, 15) is 4.79 Å². The van der Waals surface area contributed by atoms with E-state index in [2.05, 4.69) is 10.3 Å². The molecule has 2 N–H and O–H groups in total. The molecule has 0 fully saturated rings. The van der Waals surface area contributed by atoms with Crippen LogP contribution in [0.4, 0.5) is 0 Å². The Hall–Kier alpha value is -1.92. The summed E-state index contributed by atoms with van der Waals surface area (Å²) in [5, 5.41) is 26.0. The third-order valence-corrected chi connectivity index (χ3v) is 2.84. The average molecular weight is 282 g/mol. The Morgan fingerprint density at radius 3 is 2.58 bits per heavy atom. The van der Waals surface area contributed by atoms with Gasteiger partial charge in [-0.15, -0.1) is 5.10 Å². The molecule has 1 heterocycles. The van der Waals surface area contributed by atoms with Crippen LogP contribution in [-0.4, -0.2) is 37.8 Å². The van der Waals surface area contributed by atoms with Gasteiger partial charge in [-0.1, -0.05) is 28.9 Å². The van der Waals surface area contributed by atoms with Gasteiger partial charge in [-0.05, 0) is 18.6 Å². The zero-order chi connectivity index (χ0) is 13.8. The second-order valence-corrected chi connectivity index (χ2v) is 4.34. The zero-order valence-electron chi connectivity index (χ0n) is 9.95. The molecule has 2 rings (SSSR count). The summed E-state index contributed by atoms with van der Waals surface area (Å²) in [5.74, 6) is -1.14. The number of carbonyl (C=O) groups is 1. The number of halogens is 1. The molecule has 0 radical (unpaired) electrons. The number of rotatable bonds is 5. The predicted octanol–water partition coefficient (Wildman–Crippen LogP) is 1.68. The number of aliphatic hydroxyl groups excluding tert-OH is 1. The molecular formula is C12H12ClN3O3. The lowest BCUT2D eigenvalue weighted by molar-refractivity contribution is 0.0691. The van der Waals surface area contributed by atoms with Crippen molar-refractivity contribution in [2.45, 2.75) is 13.0 Å². The molecule has 0 spiro atoms. The van der Waals surface area contributed by atoms with E-state index in [0.29, 0.717) is 29.2 Å². The molecule has 6 nitrogen and oxygen atoms in total. The molecule has 100 valence electrons. The molecule has 0 aliphatic heterocycles. The highest BCUT2D eigenvalue weighted by Crippen LogP contribution is 2.24. The number of nitrogens with zero attached hydrogens (tertiary/aromatic N) is 3. The highest BCUT2D eigenvalue weighted by atomic mass is 35.5. The van der Waals surface area contributed by atoms with E-state index < -0.39 is 5.97 Å². The third kappa shape index (κ3) is 2.91. The fraction of sp³-hybridized carbons (Fsp3) is 0.250. The SMILES string of the molecule is O=C(O)c1nnn(CCCO)c1-c1ccc(Cl)cc1. The number of aromatic carboxylic acids is 1. The van der Waals surface area contributed by atoms with Crippen LogP contribution in [0, 0.1) is 0 Å². The van der Waals surface area contributed by atoms with Crippen LogP contribution >= 0.6 is 11.6 Å². The number of aliphatic hydroxyl groups is 1. The fourth-order valence-electron chi connectivity index (χ4n) is 1.73. The number of aryl methyl sites for hydroxylation is 1. The van der Waals surface area contributed by atoms with Gasteiger partial charge in [0.2, 0.25) is 0 Å². The largest absolute Gasteiger partial charge is 0.476 e. The Labute approximate surface area is 114 Å². The first-order chi connectivity index (χ1) is 9.13. The predicted molar refractivity (Wildman–Crippen MR) is 69.1 cm³/mol. The van der Waals surface area contributed by atoms with Gasteiger partial charge in [0.25, 0.3) is 0 Å². The van der Waals surface area contributed by atoms with Crippen molar-refractivity contribution >= 4 is 17.6 Å². The molecule has 19 heavy (non-hydrogen) atoms.